The Morgan fingerprint density at radius 1 is 1.00 bits per heavy atom. The number of thiophene rings is 1. The predicted octanol–water partition coefficient (Wildman–Crippen LogP) is 4.80. The van der Waals surface area contributed by atoms with Crippen LogP contribution in [0.3, 0.4) is 0 Å². The maximum atomic E-state index is 4.49. The molecule has 0 atom stereocenters. The number of nitrogens with one attached hydrogen (secondary N) is 1. The fraction of sp³-hybridized carbons (Fsp3) is 0.316. The van der Waals surface area contributed by atoms with Crippen LogP contribution in [-0.2, 0) is 12.8 Å². The first-order valence-electron chi connectivity index (χ1n) is 8.51. The maximum absolute atomic E-state index is 4.49. The zero-order valence-electron chi connectivity index (χ0n) is 13.5. The summed E-state index contributed by atoms with van der Waals surface area (Å²) in [4.78, 5) is 11.5. The molecule has 4 rings (SSSR count). The van der Waals surface area contributed by atoms with Crippen LogP contribution in [0.4, 0.5) is 5.82 Å². The molecule has 2 aromatic heterocycles. The van der Waals surface area contributed by atoms with Crippen molar-refractivity contribution in [2.45, 2.75) is 38.5 Å². The van der Waals surface area contributed by atoms with E-state index in [9.17, 15) is 0 Å². The van der Waals surface area contributed by atoms with E-state index in [1.165, 1.54) is 47.9 Å². The van der Waals surface area contributed by atoms with Crippen LogP contribution in [-0.4, -0.2) is 16.2 Å². The van der Waals surface area contributed by atoms with Gasteiger partial charge in [0.25, 0.3) is 0 Å². The molecule has 5 heteroatoms. The van der Waals surface area contributed by atoms with Crippen LogP contribution in [0.1, 0.15) is 41.7 Å². The molecule has 0 bridgehead atoms. The second-order valence-corrected chi connectivity index (χ2v) is 7.18. The zero-order valence-corrected chi connectivity index (χ0v) is 14.4. The molecule has 3 aromatic rings. The van der Waals surface area contributed by atoms with Gasteiger partial charge in [-0.1, -0.05) is 43.2 Å². The topological polar surface area (TPSA) is 50.2 Å². The molecule has 0 aliphatic heterocycles. The molecular formula is C19H20N4S. The Labute approximate surface area is 145 Å². The van der Waals surface area contributed by atoms with Gasteiger partial charge in [-0.15, -0.1) is 11.3 Å². The summed E-state index contributed by atoms with van der Waals surface area (Å²) in [6, 6.07) is 10.1. The van der Waals surface area contributed by atoms with Crippen molar-refractivity contribution in [1.29, 1.82) is 0 Å². The average Bonchev–Trinajstić information content (AvgIpc) is 2.93. The van der Waals surface area contributed by atoms with Crippen molar-refractivity contribution in [3.63, 3.8) is 0 Å². The summed E-state index contributed by atoms with van der Waals surface area (Å²) in [7, 11) is 0. The molecule has 0 amide bonds. The van der Waals surface area contributed by atoms with E-state index in [4.69, 9.17) is 0 Å². The molecule has 122 valence electrons. The van der Waals surface area contributed by atoms with Crippen LogP contribution in [0, 0.1) is 0 Å². The van der Waals surface area contributed by atoms with Gasteiger partial charge in [-0.3, -0.25) is 5.43 Å². The molecule has 1 aromatic carbocycles. The van der Waals surface area contributed by atoms with E-state index in [0.717, 1.165) is 22.6 Å². The van der Waals surface area contributed by atoms with Crippen molar-refractivity contribution in [2.75, 3.05) is 5.43 Å². The summed E-state index contributed by atoms with van der Waals surface area (Å²) < 4.78 is 0. The van der Waals surface area contributed by atoms with Gasteiger partial charge in [0, 0.05) is 4.88 Å². The lowest BCUT2D eigenvalue weighted by Gasteiger charge is -2.10. The van der Waals surface area contributed by atoms with E-state index in [-0.39, 0.29) is 0 Å². The van der Waals surface area contributed by atoms with E-state index in [1.54, 1.807) is 6.33 Å². The number of fused-ring (bicyclic) bond motifs is 3. The van der Waals surface area contributed by atoms with Crippen molar-refractivity contribution in [2.24, 2.45) is 5.10 Å². The molecule has 0 saturated carbocycles. The predicted molar refractivity (Wildman–Crippen MR) is 101 cm³/mol. The summed E-state index contributed by atoms with van der Waals surface area (Å²) in [5.74, 6) is 0.824. The quantitative estimate of drug-likeness (QED) is 0.552. The summed E-state index contributed by atoms with van der Waals surface area (Å²) in [5.41, 5.74) is 5.64. The number of hydrogen-bond acceptors (Lipinski definition) is 5. The Morgan fingerprint density at radius 3 is 2.71 bits per heavy atom. The highest BCUT2D eigenvalue weighted by Crippen LogP contribution is 2.37. The highest BCUT2D eigenvalue weighted by molar-refractivity contribution is 7.18. The normalized spacial score (nSPS) is 15.2. The highest BCUT2D eigenvalue weighted by atomic mass is 32.1. The van der Waals surface area contributed by atoms with Crippen LogP contribution in [0.2, 0.25) is 0 Å². The number of nitrogens with zero attached hydrogens (tertiary/aromatic N) is 3. The van der Waals surface area contributed by atoms with Gasteiger partial charge in [-0.2, -0.15) is 5.10 Å². The van der Waals surface area contributed by atoms with Crippen LogP contribution < -0.4 is 5.43 Å². The Morgan fingerprint density at radius 2 is 1.83 bits per heavy atom. The Bertz CT molecular complexity index is 854. The lowest BCUT2D eigenvalue weighted by Crippen LogP contribution is -1.99. The van der Waals surface area contributed by atoms with Crippen molar-refractivity contribution >= 4 is 33.6 Å². The van der Waals surface area contributed by atoms with Gasteiger partial charge in [-0.25, -0.2) is 9.97 Å². The molecule has 0 unspecified atom stereocenters. The zero-order chi connectivity index (χ0) is 16.2. The van der Waals surface area contributed by atoms with Gasteiger partial charge in [0.1, 0.15) is 11.2 Å². The summed E-state index contributed by atoms with van der Waals surface area (Å²) in [6.07, 6.45) is 10.9. The molecule has 0 spiro atoms. The van der Waals surface area contributed by atoms with Crippen LogP contribution in [0.5, 0.6) is 0 Å². The molecule has 4 nitrogen and oxygen atoms in total. The minimum absolute atomic E-state index is 0.824. The molecule has 0 saturated heterocycles. The number of benzene rings is 1. The molecule has 1 aliphatic carbocycles. The second kappa shape index (κ2) is 7.09. The summed E-state index contributed by atoms with van der Waals surface area (Å²) in [5, 5.41) is 5.54. The van der Waals surface area contributed by atoms with Crippen molar-refractivity contribution in [3.05, 3.63) is 52.7 Å². The van der Waals surface area contributed by atoms with Crippen LogP contribution >= 0.6 is 11.3 Å². The molecule has 2 heterocycles. The standard InChI is InChI=1S/C19H20N4S/c1-2-7-11-16-15(10-6-1)17-18(20-13-21-19(17)24-16)23-22-12-14-8-4-3-5-9-14/h3-5,8-9,12-13H,1-2,6-7,10-11H2,(H,20,21,23)/b22-12+. The molecular weight excluding hydrogens is 316 g/mol. The number of aromatic nitrogens is 2. The minimum atomic E-state index is 0.824. The molecule has 0 radical (unpaired) electrons. The minimum Gasteiger partial charge on any atom is -0.261 e. The first-order valence-corrected chi connectivity index (χ1v) is 9.33. The van der Waals surface area contributed by atoms with Gasteiger partial charge in [0.2, 0.25) is 0 Å². The third-order valence-corrected chi connectivity index (χ3v) is 5.63. The fourth-order valence-corrected chi connectivity index (χ4v) is 4.46. The van der Waals surface area contributed by atoms with Gasteiger partial charge >= 0.3 is 0 Å². The van der Waals surface area contributed by atoms with Crippen molar-refractivity contribution < 1.29 is 0 Å². The number of anilines is 1. The lowest BCUT2D eigenvalue weighted by atomic mass is 9.98. The van der Waals surface area contributed by atoms with Crippen molar-refractivity contribution in [3.8, 4) is 0 Å². The maximum Gasteiger partial charge on any atom is 0.158 e. The Kier molecular flexibility index (Phi) is 4.51. The first kappa shape index (κ1) is 15.3. The van der Waals surface area contributed by atoms with E-state index in [2.05, 4.69) is 20.5 Å². The molecule has 1 N–H and O–H groups in total. The van der Waals surface area contributed by atoms with Gasteiger partial charge in [0.05, 0.1) is 11.6 Å². The summed E-state index contributed by atoms with van der Waals surface area (Å²) in [6.45, 7) is 0. The number of hydrogen-bond donors (Lipinski definition) is 1. The SMILES string of the molecule is C(=N\Nc1ncnc2sc3c(c12)CCCCCC3)/c1ccccc1. The monoisotopic (exact) mass is 336 g/mol. The number of aryl methyl sites for hydroxylation is 2. The van der Waals surface area contributed by atoms with E-state index >= 15 is 0 Å². The highest BCUT2D eigenvalue weighted by Gasteiger charge is 2.18. The smallest absolute Gasteiger partial charge is 0.158 e. The van der Waals surface area contributed by atoms with E-state index < -0.39 is 0 Å². The van der Waals surface area contributed by atoms with E-state index in [1.807, 2.05) is 47.9 Å². The third kappa shape index (κ3) is 3.17. The van der Waals surface area contributed by atoms with Crippen LogP contribution in [0.15, 0.2) is 41.8 Å². The van der Waals surface area contributed by atoms with Gasteiger partial charge in [0.15, 0.2) is 5.82 Å². The van der Waals surface area contributed by atoms with Gasteiger partial charge in [-0.05, 0) is 36.8 Å². The van der Waals surface area contributed by atoms with Crippen molar-refractivity contribution in [1.82, 2.24) is 9.97 Å². The average molecular weight is 336 g/mol. The first-order chi connectivity index (χ1) is 11.9. The Balaban J connectivity index is 1.66. The lowest BCUT2D eigenvalue weighted by molar-refractivity contribution is 0.624. The number of rotatable bonds is 3. The fourth-order valence-electron chi connectivity index (χ4n) is 3.24. The molecule has 0 fully saturated rings. The van der Waals surface area contributed by atoms with Crippen LogP contribution in [0.25, 0.3) is 10.2 Å². The number of hydrazone groups is 1. The second-order valence-electron chi connectivity index (χ2n) is 6.10. The van der Waals surface area contributed by atoms with E-state index in [0.29, 0.717) is 0 Å². The summed E-state index contributed by atoms with van der Waals surface area (Å²) >= 11 is 1.82. The molecule has 1 aliphatic rings. The largest absolute Gasteiger partial charge is 0.261 e. The molecule has 24 heavy (non-hydrogen) atoms. The Hall–Kier alpha value is -2.27. The third-order valence-electron chi connectivity index (χ3n) is 4.43. The van der Waals surface area contributed by atoms with Gasteiger partial charge < -0.3 is 0 Å².